The summed E-state index contributed by atoms with van der Waals surface area (Å²) >= 11 is 5.93. The zero-order valence-corrected chi connectivity index (χ0v) is 9.63. The summed E-state index contributed by atoms with van der Waals surface area (Å²) in [7, 11) is 1.86. The first-order valence-electron chi connectivity index (χ1n) is 4.79. The number of likely N-dealkylation sites (N-methyl/N-ethyl adjacent to an activating group) is 1. The van der Waals surface area contributed by atoms with E-state index in [0.29, 0.717) is 11.6 Å². The second-order valence-electron chi connectivity index (χ2n) is 3.68. The molecule has 0 aliphatic heterocycles. The van der Waals surface area contributed by atoms with Crippen molar-refractivity contribution in [3.05, 3.63) is 34.6 Å². The molecule has 2 nitrogen and oxygen atoms in total. The fraction of sp³-hybridized carbons (Fsp3) is 0.455. The zero-order valence-electron chi connectivity index (χ0n) is 8.87. The third-order valence-corrected chi connectivity index (χ3v) is 2.81. The summed E-state index contributed by atoms with van der Waals surface area (Å²) in [5.74, 6) is -0.292. The topological polar surface area (TPSA) is 23.5 Å². The van der Waals surface area contributed by atoms with Gasteiger partial charge in [0.25, 0.3) is 0 Å². The van der Waals surface area contributed by atoms with Gasteiger partial charge in [-0.2, -0.15) is 0 Å². The van der Waals surface area contributed by atoms with E-state index in [4.69, 9.17) is 16.7 Å². The van der Waals surface area contributed by atoms with E-state index in [1.165, 1.54) is 12.1 Å². The lowest BCUT2D eigenvalue weighted by Crippen LogP contribution is -2.31. The summed E-state index contributed by atoms with van der Waals surface area (Å²) in [6.45, 7) is 2.49. The molecule has 0 fully saturated rings. The molecule has 0 heterocycles. The van der Waals surface area contributed by atoms with Gasteiger partial charge in [-0.3, -0.25) is 4.90 Å². The third-order valence-electron chi connectivity index (χ3n) is 2.44. The van der Waals surface area contributed by atoms with Gasteiger partial charge in [0.2, 0.25) is 0 Å². The van der Waals surface area contributed by atoms with Crippen molar-refractivity contribution in [2.24, 2.45) is 0 Å². The molecular weight excluding hydrogens is 217 g/mol. The molecule has 0 saturated heterocycles. The Labute approximate surface area is 94.3 Å². The van der Waals surface area contributed by atoms with Gasteiger partial charge in [0, 0.05) is 17.6 Å². The summed E-state index contributed by atoms with van der Waals surface area (Å²) in [5, 5.41) is 9.51. The van der Waals surface area contributed by atoms with Crippen molar-refractivity contribution in [1.82, 2.24) is 4.90 Å². The van der Waals surface area contributed by atoms with Crippen LogP contribution in [0.3, 0.4) is 0 Å². The minimum absolute atomic E-state index is 0.0318. The van der Waals surface area contributed by atoms with Gasteiger partial charge in [0.05, 0.1) is 6.61 Å². The monoisotopic (exact) mass is 231 g/mol. The molecular formula is C11H15ClFNO. The fourth-order valence-electron chi connectivity index (χ4n) is 1.23. The standard InChI is InChI=1S/C11H15ClFNO/c1-8(7-15)14(2)6-9-5-10(13)3-4-11(9)12/h3-5,8,15H,6-7H2,1-2H3. The average molecular weight is 232 g/mol. The van der Waals surface area contributed by atoms with E-state index in [2.05, 4.69) is 0 Å². The largest absolute Gasteiger partial charge is 0.395 e. The Kier molecular flexibility index (Phi) is 4.51. The molecule has 4 heteroatoms. The third kappa shape index (κ3) is 3.45. The number of halogens is 2. The van der Waals surface area contributed by atoms with Crippen LogP contribution < -0.4 is 0 Å². The van der Waals surface area contributed by atoms with E-state index in [-0.39, 0.29) is 18.5 Å². The Morgan fingerprint density at radius 1 is 1.53 bits per heavy atom. The molecule has 0 saturated carbocycles. The second kappa shape index (κ2) is 5.45. The van der Waals surface area contributed by atoms with Crippen molar-refractivity contribution in [2.75, 3.05) is 13.7 Å². The maximum atomic E-state index is 13.0. The van der Waals surface area contributed by atoms with E-state index in [1.807, 2.05) is 18.9 Å². The lowest BCUT2D eigenvalue weighted by molar-refractivity contribution is 0.154. The van der Waals surface area contributed by atoms with Crippen LogP contribution in [0.25, 0.3) is 0 Å². The van der Waals surface area contributed by atoms with Crippen LogP contribution in [0.4, 0.5) is 4.39 Å². The highest BCUT2D eigenvalue weighted by Gasteiger charge is 2.10. The minimum Gasteiger partial charge on any atom is -0.395 e. The van der Waals surface area contributed by atoms with E-state index in [1.54, 1.807) is 6.07 Å². The highest BCUT2D eigenvalue weighted by atomic mass is 35.5. The lowest BCUT2D eigenvalue weighted by atomic mass is 10.2. The van der Waals surface area contributed by atoms with Crippen LogP contribution in [0.1, 0.15) is 12.5 Å². The van der Waals surface area contributed by atoms with Crippen molar-refractivity contribution in [3.63, 3.8) is 0 Å². The van der Waals surface area contributed by atoms with Crippen molar-refractivity contribution < 1.29 is 9.50 Å². The second-order valence-corrected chi connectivity index (χ2v) is 4.09. The number of rotatable bonds is 4. The van der Waals surface area contributed by atoms with Gasteiger partial charge in [-0.15, -0.1) is 0 Å². The van der Waals surface area contributed by atoms with Crippen LogP contribution in [-0.2, 0) is 6.54 Å². The van der Waals surface area contributed by atoms with E-state index in [0.717, 1.165) is 5.56 Å². The molecule has 15 heavy (non-hydrogen) atoms. The van der Waals surface area contributed by atoms with Gasteiger partial charge in [-0.05, 0) is 37.7 Å². The molecule has 1 N–H and O–H groups in total. The lowest BCUT2D eigenvalue weighted by Gasteiger charge is -2.23. The quantitative estimate of drug-likeness (QED) is 0.860. The number of aliphatic hydroxyl groups is 1. The van der Waals surface area contributed by atoms with Gasteiger partial charge in [-0.1, -0.05) is 11.6 Å². The normalized spacial score (nSPS) is 13.2. The first-order chi connectivity index (χ1) is 7.04. The summed E-state index contributed by atoms with van der Waals surface area (Å²) in [4.78, 5) is 1.92. The van der Waals surface area contributed by atoms with Gasteiger partial charge >= 0.3 is 0 Å². The zero-order chi connectivity index (χ0) is 11.4. The molecule has 0 aliphatic carbocycles. The molecule has 0 aliphatic rings. The number of nitrogens with zero attached hydrogens (tertiary/aromatic N) is 1. The smallest absolute Gasteiger partial charge is 0.123 e. The molecule has 1 atom stereocenters. The molecule has 0 radical (unpaired) electrons. The van der Waals surface area contributed by atoms with Crippen LogP contribution >= 0.6 is 11.6 Å². The maximum absolute atomic E-state index is 13.0. The minimum atomic E-state index is -0.292. The number of aliphatic hydroxyl groups excluding tert-OH is 1. The van der Waals surface area contributed by atoms with Crippen LogP contribution in [0, 0.1) is 5.82 Å². The molecule has 1 rings (SSSR count). The molecule has 0 bridgehead atoms. The van der Waals surface area contributed by atoms with Gasteiger partial charge < -0.3 is 5.11 Å². The number of hydrogen-bond acceptors (Lipinski definition) is 2. The van der Waals surface area contributed by atoms with E-state index >= 15 is 0 Å². The van der Waals surface area contributed by atoms with Crippen LogP contribution in [-0.4, -0.2) is 29.7 Å². The van der Waals surface area contributed by atoms with Crippen molar-refractivity contribution in [2.45, 2.75) is 19.5 Å². The predicted octanol–water partition coefficient (Wildman–Crippen LogP) is 2.29. The summed E-state index contributed by atoms with van der Waals surface area (Å²) < 4.78 is 13.0. The Hall–Kier alpha value is -0.640. The molecule has 1 aromatic carbocycles. The molecule has 0 spiro atoms. The van der Waals surface area contributed by atoms with Gasteiger partial charge in [-0.25, -0.2) is 4.39 Å². The predicted molar refractivity (Wildman–Crippen MR) is 59.4 cm³/mol. The van der Waals surface area contributed by atoms with Crippen LogP contribution in [0.15, 0.2) is 18.2 Å². The molecule has 84 valence electrons. The maximum Gasteiger partial charge on any atom is 0.123 e. The van der Waals surface area contributed by atoms with Crippen molar-refractivity contribution in [3.8, 4) is 0 Å². The van der Waals surface area contributed by atoms with Crippen LogP contribution in [0.5, 0.6) is 0 Å². The summed E-state index contributed by atoms with van der Waals surface area (Å²) in [6.07, 6.45) is 0. The molecule has 1 aromatic rings. The SMILES string of the molecule is CC(CO)N(C)Cc1cc(F)ccc1Cl. The van der Waals surface area contributed by atoms with Crippen molar-refractivity contribution >= 4 is 11.6 Å². The summed E-state index contributed by atoms with van der Waals surface area (Å²) in [5.41, 5.74) is 0.736. The molecule has 1 unspecified atom stereocenters. The highest BCUT2D eigenvalue weighted by molar-refractivity contribution is 6.31. The first kappa shape index (κ1) is 12.4. The van der Waals surface area contributed by atoms with Gasteiger partial charge in [0.15, 0.2) is 0 Å². The first-order valence-corrected chi connectivity index (χ1v) is 5.17. The highest BCUT2D eigenvalue weighted by Crippen LogP contribution is 2.19. The Morgan fingerprint density at radius 3 is 2.80 bits per heavy atom. The molecule has 0 amide bonds. The Morgan fingerprint density at radius 2 is 2.20 bits per heavy atom. The Balaban J connectivity index is 2.75. The Bertz CT molecular complexity index is 332. The number of hydrogen-bond donors (Lipinski definition) is 1. The number of benzene rings is 1. The van der Waals surface area contributed by atoms with Gasteiger partial charge in [0.1, 0.15) is 5.82 Å². The average Bonchev–Trinajstić information content (AvgIpc) is 2.22. The fourth-order valence-corrected chi connectivity index (χ4v) is 1.41. The van der Waals surface area contributed by atoms with Crippen molar-refractivity contribution in [1.29, 1.82) is 0 Å². The van der Waals surface area contributed by atoms with Crippen LogP contribution in [0.2, 0.25) is 5.02 Å². The van der Waals surface area contributed by atoms with E-state index < -0.39 is 0 Å². The summed E-state index contributed by atoms with van der Waals surface area (Å²) in [6, 6.07) is 4.33. The van der Waals surface area contributed by atoms with E-state index in [9.17, 15) is 4.39 Å². The molecule has 0 aromatic heterocycles.